The van der Waals surface area contributed by atoms with Crippen molar-refractivity contribution in [3.05, 3.63) is 71.5 Å². The summed E-state index contributed by atoms with van der Waals surface area (Å²) in [5, 5.41) is 6.58. The van der Waals surface area contributed by atoms with Crippen molar-refractivity contribution in [1.82, 2.24) is 15.3 Å². The van der Waals surface area contributed by atoms with Gasteiger partial charge in [-0.25, -0.2) is 0 Å². The van der Waals surface area contributed by atoms with Gasteiger partial charge in [0, 0.05) is 12.4 Å². The predicted octanol–water partition coefficient (Wildman–Crippen LogP) is 2.53. The molecule has 0 saturated carbocycles. The number of primary amides is 1. The second-order valence-electron chi connectivity index (χ2n) is 8.18. The molecule has 3 heterocycles. The summed E-state index contributed by atoms with van der Waals surface area (Å²) in [6.07, 6.45) is 5.83. The number of amides is 3. The molecule has 4 N–H and O–H groups in total. The molecular weight excluding hydrogens is 493 g/mol. The summed E-state index contributed by atoms with van der Waals surface area (Å²) in [6.45, 7) is 3.13. The number of nitrogens with one attached hydrogen (secondary N) is 2. The van der Waals surface area contributed by atoms with E-state index < -0.39 is 21.7 Å². The summed E-state index contributed by atoms with van der Waals surface area (Å²) in [5.74, 6) is -0.440. The first-order chi connectivity index (χ1) is 16.5. The molecule has 176 valence electrons. The van der Waals surface area contributed by atoms with Gasteiger partial charge in [-0.15, -0.1) is 0 Å². The van der Waals surface area contributed by atoms with Crippen molar-refractivity contribution in [1.29, 1.82) is 0 Å². The molecule has 3 amide bonds. The first kappa shape index (κ1) is 23.9. The molecule has 0 aliphatic carbocycles. The van der Waals surface area contributed by atoms with Crippen LogP contribution in [-0.4, -0.2) is 50.4 Å². The Morgan fingerprint density at radius 3 is 2.74 bits per heavy atom. The minimum atomic E-state index is -0.668. The molecule has 1 saturated heterocycles. The van der Waals surface area contributed by atoms with E-state index in [2.05, 4.69) is 15.6 Å². The van der Waals surface area contributed by atoms with Crippen LogP contribution in [0.3, 0.4) is 0 Å². The van der Waals surface area contributed by atoms with E-state index in [9.17, 15) is 9.59 Å². The average Bonchev–Trinajstić information content (AvgIpc) is 3.37. The SMILES string of the molecule is Cc1cc(C(N)=O)c([AsH]CC2CCCO2)nc1-c1ccc(NC(=O)NCc2cccnc2)cc1. The summed E-state index contributed by atoms with van der Waals surface area (Å²) in [6, 6.07) is 12.8. The third kappa shape index (κ3) is 6.21. The molecule has 0 radical (unpaired) electrons. The molecule has 1 aromatic carbocycles. The molecule has 1 aliphatic rings. The molecule has 4 rings (SSSR count). The normalized spacial score (nSPS) is 15.5. The average molecular weight is 521 g/mol. The number of nitrogens with zero attached hydrogens (tertiary/aromatic N) is 2. The number of urea groups is 1. The van der Waals surface area contributed by atoms with Gasteiger partial charge in [-0.1, -0.05) is 6.07 Å². The monoisotopic (exact) mass is 521 g/mol. The van der Waals surface area contributed by atoms with Crippen LogP contribution in [0.4, 0.5) is 10.5 Å². The van der Waals surface area contributed by atoms with Gasteiger partial charge in [0.1, 0.15) is 0 Å². The maximum atomic E-state index is 12.2. The number of nitrogens with two attached hydrogens (primary N) is 1. The van der Waals surface area contributed by atoms with Crippen molar-refractivity contribution in [2.75, 3.05) is 11.9 Å². The third-order valence-electron chi connectivity index (χ3n) is 5.59. The summed E-state index contributed by atoms with van der Waals surface area (Å²) in [5.41, 5.74) is 10.4. The van der Waals surface area contributed by atoms with E-state index in [1.165, 1.54) is 0 Å². The van der Waals surface area contributed by atoms with E-state index in [-0.39, 0.29) is 12.1 Å². The zero-order chi connectivity index (χ0) is 23.9. The number of benzene rings is 1. The Kier molecular flexibility index (Phi) is 7.93. The van der Waals surface area contributed by atoms with E-state index in [4.69, 9.17) is 15.5 Å². The van der Waals surface area contributed by atoms with Crippen LogP contribution < -0.4 is 20.8 Å². The Morgan fingerprint density at radius 1 is 1.24 bits per heavy atom. The number of rotatable bonds is 8. The molecular formula is C25H28AsN5O3. The molecule has 2 unspecified atom stereocenters. The topological polar surface area (TPSA) is 119 Å². The van der Waals surface area contributed by atoms with E-state index >= 15 is 0 Å². The Labute approximate surface area is 205 Å². The Hall–Kier alpha value is -3.22. The summed E-state index contributed by atoms with van der Waals surface area (Å²) in [7, 11) is 0. The van der Waals surface area contributed by atoms with Gasteiger partial charge in [0.05, 0.1) is 0 Å². The van der Waals surface area contributed by atoms with E-state index in [1.54, 1.807) is 12.4 Å². The summed E-state index contributed by atoms with van der Waals surface area (Å²) >= 11 is -0.668. The number of anilines is 1. The van der Waals surface area contributed by atoms with Gasteiger partial charge in [-0.05, 0) is 6.07 Å². The van der Waals surface area contributed by atoms with Crippen LogP contribution in [0.25, 0.3) is 11.3 Å². The molecule has 2 aromatic heterocycles. The zero-order valence-electron chi connectivity index (χ0n) is 19.0. The maximum absolute atomic E-state index is 12.2. The fourth-order valence-corrected chi connectivity index (χ4v) is 6.58. The number of carbonyl (C=O) groups excluding carboxylic acids is 2. The van der Waals surface area contributed by atoms with Crippen molar-refractivity contribution < 1.29 is 14.3 Å². The Bertz CT molecular complexity index is 1150. The third-order valence-corrected chi connectivity index (χ3v) is 8.48. The Morgan fingerprint density at radius 2 is 2.06 bits per heavy atom. The van der Waals surface area contributed by atoms with Gasteiger partial charge >= 0.3 is 176 Å². The van der Waals surface area contributed by atoms with E-state index in [1.807, 2.05) is 49.4 Å². The number of aryl methyl sites for hydroxylation is 1. The number of ether oxygens (including phenoxy) is 1. The number of aromatic nitrogens is 2. The fraction of sp³-hybridized carbons (Fsp3) is 0.280. The van der Waals surface area contributed by atoms with Gasteiger partial charge in [0.2, 0.25) is 0 Å². The molecule has 0 bridgehead atoms. The molecule has 9 heteroatoms. The van der Waals surface area contributed by atoms with Crippen LogP contribution in [0.1, 0.15) is 34.3 Å². The molecule has 8 nitrogen and oxygen atoms in total. The molecule has 1 aliphatic heterocycles. The second kappa shape index (κ2) is 11.3. The van der Waals surface area contributed by atoms with Gasteiger partial charge in [0.15, 0.2) is 0 Å². The van der Waals surface area contributed by atoms with E-state index in [0.717, 1.165) is 51.5 Å². The first-order valence-corrected chi connectivity index (χ1v) is 13.7. The van der Waals surface area contributed by atoms with Gasteiger partial charge < -0.3 is 0 Å². The van der Waals surface area contributed by atoms with Crippen molar-refractivity contribution >= 4 is 37.9 Å². The molecule has 0 spiro atoms. The van der Waals surface area contributed by atoms with Gasteiger partial charge in [0.25, 0.3) is 0 Å². The molecule has 3 aromatic rings. The van der Waals surface area contributed by atoms with Gasteiger partial charge in [-0.2, -0.15) is 0 Å². The minimum absolute atomic E-state index is 0.266. The second-order valence-corrected chi connectivity index (χ2v) is 10.8. The number of pyridine rings is 2. The van der Waals surface area contributed by atoms with Crippen molar-refractivity contribution in [3.63, 3.8) is 0 Å². The summed E-state index contributed by atoms with van der Waals surface area (Å²) in [4.78, 5) is 33.2. The van der Waals surface area contributed by atoms with E-state index in [0.29, 0.717) is 17.8 Å². The van der Waals surface area contributed by atoms with Crippen molar-refractivity contribution in [3.8, 4) is 11.3 Å². The van der Waals surface area contributed by atoms with Crippen molar-refractivity contribution in [2.45, 2.75) is 37.6 Å². The van der Waals surface area contributed by atoms with Crippen LogP contribution >= 0.6 is 0 Å². The predicted molar refractivity (Wildman–Crippen MR) is 134 cm³/mol. The Balaban J connectivity index is 1.44. The number of hydrogen-bond donors (Lipinski definition) is 3. The number of carbonyl (C=O) groups is 2. The molecule has 34 heavy (non-hydrogen) atoms. The van der Waals surface area contributed by atoms with Crippen molar-refractivity contribution in [2.24, 2.45) is 5.73 Å². The summed E-state index contributed by atoms with van der Waals surface area (Å²) < 4.78 is 6.57. The number of hydrogen-bond acceptors (Lipinski definition) is 5. The van der Waals surface area contributed by atoms with Crippen LogP contribution in [0.15, 0.2) is 54.9 Å². The van der Waals surface area contributed by atoms with Crippen LogP contribution in [0.2, 0.25) is 5.21 Å². The first-order valence-electron chi connectivity index (χ1n) is 11.2. The van der Waals surface area contributed by atoms with Crippen LogP contribution in [0.5, 0.6) is 0 Å². The molecule has 2 atom stereocenters. The van der Waals surface area contributed by atoms with Crippen LogP contribution in [0, 0.1) is 6.92 Å². The fourth-order valence-electron chi connectivity index (χ4n) is 3.82. The zero-order valence-corrected chi connectivity index (χ0v) is 21.1. The standard InChI is InChI=1S/C25H28AsN5O3/c1-16-12-21(24(27)32)23(26-13-20-5-3-11-34-20)31-22(16)18-6-8-19(9-7-18)30-25(33)29-15-17-4-2-10-28-14-17/h2,4,6-10,12,14,20,26H,3,5,11,13,15H2,1H3,(H2,27,32)(H2,29,30,33). The van der Waals surface area contributed by atoms with Crippen LogP contribution in [-0.2, 0) is 11.3 Å². The van der Waals surface area contributed by atoms with Gasteiger partial charge in [-0.3, -0.25) is 4.98 Å². The molecule has 1 fully saturated rings. The quantitative estimate of drug-likeness (QED) is 0.394.